The Labute approximate surface area is 288 Å². The van der Waals surface area contributed by atoms with Crippen molar-refractivity contribution in [1.82, 2.24) is 4.90 Å². The van der Waals surface area contributed by atoms with Crippen LogP contribution in [-0.2, 0) is 9.59 Å². The van der Waals surface area contributed by atoms with E-state index >= 15 is 0 Å². The second kappa shape index (κ2) is 36.2. The highest BCUT2D eigenvalue weighted by Gasteiger charge is 2.29. The molecule has 0 saturated heterocycles. The van der Waals surface area contributed by atoms with Gasteiger partial charge in [-0.3, -0.25) is 9.59 Å². The van der Waals surface area contributed by atoms with Gasteiger partial charge in [0, 0.05) is 19.4 Å². The molecule has 0 fully saturated rings. The Kier molecular flexibility index (Phi) is 34.9. The second-order valence-electron chi connectivity index (χ2n) is 13.8. The minimum atomic E-state index is -0.313. The van der Waals surface area contributed by atoms with E-state index in [2.05, 4.69) is 52.0 Å². The van der Waals surface area contributed by atoms with Crippen molar-refractivity contribution in [1.29, 1.82) is 0 Å². The summed E-state index contributed by atoms with van der Waals surface area (Å²) in [4.78, 5) is 27.5. The fourth-order valence-corrected chi connectivity index (χ4v) is 6.07. The van der Waals surface area contributed by atoms with Crippen molar-refractivity contribution in [3.05, 3.63) is 36.5 Å². The number of Topliss-reactive ketones (excluding diaryl/α,β-unsaturated/α-hetero) is 1. The summed E-state index contributed by atoms with van der Waals surface area (Å²) in [7, 11) is 0. The third kappa shape index (κ3) is 28.6. The van der Waals surface area contributed by atoms with Crippen molar-refractivity contribution < 1.29 is 9.59 Å². The molecule has 3 nitrogen and oxygen atoms in total. The number of carbonyl (C=O) groups is 2. The van der Waals surface area contributed by atoms with Gasteiger partial charge in [-0.25, -0.2) is 0 Å². The van der Waals surface area contributed by atoms with Crippen LogP contribution in [0, 0.1) is 0 Å². The van der Waals surface area contributed by atoms with E-state index in [4.69, 9.17) is 0 Å². The van der Waals surface area contributed by atoms with E-state index in [1.54, 1.807) is 0 Å². The van der Waals surface area contributed by atoms with Crippen molar-refractivity contribution in [2.24, 2.45) is 0 Å². The summed E-state index contributed by atoms with van der Waals surface area (Å²) in [6.45, 7) is 9.40. The average molecular weight is 642 g/mol. The van der Waals surface area contributed by atoms with Crippen LogP contribution in [0.5, 0.6) is 0 Å². The first-order valence-electron chi connectivity index (χ1n) is 20.4. The van der Waals surface area contributed by atoms with Crippen LogP contribution >= 0.6 is 0 Å². The molecule has 1 aliphatic heterocycles. The maximum Gasteiger partial charge on any atom is 0.223 e. The molecule has 0 aliphatic carbocycles. The topological polar surface area (TPSA) is 37.4 Å². The lowest BCUT2D eigenvalue weighted by molar-refractivity contribution is -0.136. The molecule has 1 rings (SSSR count). The Balaban J connectivity index is 0.00000647. The molecule has 0 radical (unpaired) electrons. The molecule has 1 heterocycles. The lowest BCUT2D eigenvalue weighted by Gasteiger charge is -2.23. The molecule has 0 bridgehead atoms. The summed E-state index contributed by atoms with van der Waals surface area (Å²) in [5.41, 5.74) is 0. The average Bonchev–Trinajstić information content (AvgIpc) is 3.55. The molecule has 1 aliphatic rings. The fraction of sp³-hybridized carbons (Fsp3) is 0.814. The number of rotatable bonds is 31. The monoisotopic (exact) mass is 642 g/mol. The van der Waals surface area contributed by atoms with Gasteiger partial charge in [0.1, 0.15) is 6.04 Å². The van der Waals surface area contributed by atoms with Crippen molar-refractivity contribution >= 4 is 11.7 Å². The second-order valence-corrected chi connectivity index (χ2v) is 13.8. The molecule has 0 spiro atoms. The van der Waals surface area contributed by atoms with Gasteiger partial charge in [-0.1, -0.05) is 173 Å². The van der Waals surface area contributed by atoms with Gasteiger partial charge < -0.3 is 4.90 Å². The van der Waals surface area contributed by atoms with E-state index in [1.165, 1.54) is 148 Å². The number of hydrogen-bond donors (Lipinski definition) is 0. The number of unbranched alkanes of at least 4 members (excludes halogenated alkanes) is 22. The Morgan fingerprint density at radius 2 is 0.870 bits per heavy atom. The standard InChI is InChI=1S/C40H71NO2.C3H8/c1-3-5-7-9-11-13-15-17-19-21-23-25-27-29-31-35-39(42)38-34-33-37-41(38)40(43)36-32-30-28-26-24-22-20-18-16-14-12-10-8-6-4-2;1-3-2/h17-20,33-34,38H,3-16,21-32,35-37H2,1-2H3;3H2,1-2H3/b19-17-,20-18-;. The highest BCUT2D eigenvalue weighted by molar-refractivity contribution is 5.91. The third-order valence-electron chi connectivity index (χ3n) is 8.94. The van der Waals surface area contributed by atoms with Crippen molar-refractivity contribution in [3.63, 3.8) is 0 Å². The summed E-state index contributed by atoms with van der Waals surface area (Å²) in [5, 5.41) is 0. The summed E-state index contributed by atoms with van der Waals surface area (Å²) in [5.74, 6) is 0.384. The molecule has 46 heavy (non-hydrogen) atoms. The van der Waals surface area contributed by atoms with Gasteiger partial charge >= 0.3 is 0 Å². The van der Waals surface area contributed by atoms with Crippen LogP contribution in [0.15, 0.2) is 36.5 Å². The predicted octanol–water partition coefficient (Wildman–Crippen LogP) is 13.8. The smallest absolute Gasteiger partial charge is 0.223 e. The molecule has 1 atom stereocenters. The Morgan fingerprint density at radius 1 is 0.522 bits per heavy atom. The number of amides is 1. The maximum absolute atomic E-state index is 12.8. The fourth-order valence-electron chi connectivity index (χ4n) is 6.07. The molecule has 0 saturated carbocycles. The molecule has 3 heteroatoms. The Bertz CT molecular complexity index is 752. The van der Waals surface area contributed by atoms with E-state index in [0.29, 0.717) is 19.4 Å². The lowest BCUT2D eigenvalue weighted by Crippen LogP contribution is -2.40. The predicted molar refractivity (Wildman–Crippen MR) is 205 cm³/mol. The van der Waals surface area contributed by atoms with E-state index < -0.39 is 0 Å². The van der Waals surface area contributed by atoms with Crippen LogP contribution in [0.25, 0.3) is 0 Å². The highest BCUT2D eigenvalue weighted by atomic mass is 16.2. The molecule has 268 valence electrons. The Morgan fingerprint density at radius 3 is 1.28 bits per heavy atom. The first kappa shape index (κ1) is 44.4. The van der Waals surface area contributed by atoms with Crippen molar-refractivity contribution in [2.75, 3.05) is 6.54 Å². The van der Waals surface area contributed by atoms with Gasteiger partial charge in [0.2, 0.25) is 5.91 Å². The summed E-state index contributed by atoms with van der Waals surface area (Å²) in [6, 6.07) is -0.313. The number of carbonyl (C=O) groups excluding carboxylic acids is 2. The molecule has 1 amide bonds. The van der Waals surface area contributed by atoms with Crippen LogP contribution in [0.2, 0.25) is 0 Å². The normalized spacial score (nSPS) is 14.4. The van der Waals surface area contributed by atoms with Gasteiger partial charge in [-0.2, -0.15) is 0 Å². The minimum Gasteiger partial charge on any atom is -0.325 e. The molecule has 0 aromatic heterocycles. The van der Waals surface area contributed by atoms with E-state index in [-0.39, 0.29) is 17.7 Å². The number of nitrogens with zero attached hydrogens (tertiary/aromatic N) is 1. The minimum absolute atomic E-state index is 0.158. The van der Waals surface area contributed by atoms with Gasteiger partial charge in [0.25, 0.3) is 0 Å². The molecule has 0 aromatic carbocycles. The zero-order valence-corrected chi connectivity index (χ0v) is 31.5. The van der Waals surface area contributed by atoms with Crippen LogP contribution < -0.4 is 0 Å². The van der Waals surface area contributed by atoms with Crippen LogP contribution in [-0.4, -0.2) is 29.2 Å². The van der Waals surface area contributed by atoms with Gasteiger partial charge in [0.05, 0.1) is 0 Å². The number of hydrogen-bond acceptors (Lipinski definition) is 2. The van der Waals surface area contributed by atoms with Crippen LogP contribution in [0.3, 0.4) is 0 Å². The summed E-state index contributed by atoms with van der Waals surface area (Å²) >= 11 is 0. The summed E-state index contributed by atoms with van der Waals surface area (Å²) in [6.07, 6.45) is 48.7. The maximum atomic E-state index is 12.8. The summed E-state index contributed by atoms with van der Waals surface area (Å²) < 4.78 is 0. The van der Waals surface area contributed by atoms with Gasteiger partial charge in [0.15, 0.2) is 5.78 Å². The van der Waals surface area contributed by atoms with Gasteiger partial charge in [-0.05, 0) is 64.2 Å². The SMILES string of the molecule is CCC.CCCCCCCC/C=C\CCCCCCCC(=O)C1C=CCN1C(=O)CCCCCCC/C=C\CCCCCCCC. The van der Waals surface area contributed by atoms with E-state index in [0.717, 1.165) is 25.7 Å². The van der Waals surface area contributed by atoms with Gasteiger partial charge in [-0.15, -0.1) is 0 Å². The first-order chi connectivity index (χ1) is 22.6. The van der Waals surface area contributed by atoms with Crippen LogP contribution in [0.4, 0.5) is 0 Å². The van der Waals surface area contributed by atoms with Crippen molar-refractivity contribution in [2.45, 2.75) is 220 Å². The molecular formula is C43H79NO2. The number of allylic oxidation sites excluding steroid dienone is 4. The third-order valence-corrected chi connectivity index (χ3v) is 8.94. The first-order valence-corrected chi connectivity index (χ1v) is 20.4. The molecule has 0 aromatic rings. The van der Waals surface area contributed by atoms with E-state index in [9.17, 15) is 9.59 Å². The zero-order valence-electron chi connectivity index (χ0n) is 31.5. The van der Waals surface area contributed by atoms with Crippen molar-refractivity contribution in [3.8, 4) is 0 Å². The number of ketones is 1. The highest BCUT2D eigenvalue weighted by Crippen LogP contribution is 2.18. The quantitative estimate of drug-likeness (QED) is 0.0558. The molecule has 0 N–H and O–H groups in total. The van der Waals surface area contributed by atoms with E-state index in [1.807, 2.05) is 17.1 Å². The Hall–Kier alpha value is -1.64. The lowest BCUT2D eigenvalue weighted by atomic mass is 10.0. The van der Waals surface area contributed by atoms with Crippen LogP contribution in [0.1, 0.15) is 214 Å². The zero-order chi connectivity index (χ0) is 33.8. The largest absolute Gasteiger partial charge is 0.325 e. The molecule has 1 unspecified atom stereocenters. The molecular weight excluding hydrogens is 562 g/mol.